The van der Waals surface area contributed by atoms with Gasteiger partial charge >= 0.3 is 0 Å². The van der Waals surface area contributed by atoms with Gasteiger partial charge in [-0.3, -0.25) is 14.5 Å². The summed E-state index contributed by atoms with van der Waals surface area (Å²) in [7, 11) is 0. The van der Waals surface area contributed by atoms with Gasteiger partial charge in [0, 0.05) is 32.2 Å². The van der Waals surface area contributed by atoms with Gasteiger partial charge in [-0.25, -0.2) is 0 Å². The molecule has 1 aliphatic rings. The van der Waals surface area contributed by atoms with E-state index in [-0.39, 0.29) is 17.4 Å². The predicted octanol–water partition coefficient (Wildman–Crippen LogP) is 1.20. The third-order valence-electron chi connectivity index (χ3n) is 3.87. The second kappa shape index (κ2) is 6.29. The molecule has 0 radical (unpaired) electrons. The first-order valence-corrected chi connectivity index (χ1v) is 7.42. The number of aryl methyl sites for hydroxylation is 1. The minimum Gasteiger partial charge on any atom is -0.502 e. The number of piperazine rings is 1. The fourth-order valence-electron chi connectivity index (χ4n) is 2.64. The number of hydrogen-bond donors (Lipinski definition) is 1. The van der Waals surface area contributed by atoms with Gasteiger partial charge in [-0.1, -0.05) is 0 Å². The molecule has 0 saturated carbocycles. The Kier molecular flexibility index (Phi) is 4.20. The standard InChI is InChI=1S/C16H18N2O5/c1-11-9-12(19)15(20)14(23-11)10-17-4-6-18(7-5-17)16(21)13-3-2-8-22-13/h2-3,8-9,20H,4-7,10H2,1H3. The van der Waals surface area contributed by atoms with Gasteiger partial charge in [0.25, 0.3) is 5.91 Å². The molecular formula is C16H18N2O5. The average molecular weight is 318 g/mol. The third kappa shape index (κ3) is 3.29. The Morgan fingerprint density at radius 2 is 2.04 bits per heavy atom. The van der Waals surface area contributed by atoms with Crippen LogP contribution in [-0.4, -0.2) is 47.0 Å². The lowest BCUT2D eigenvalue weighted by Gasteiger charge is -2.33. The maximum atomic E-state index is 12.2. The quantitative estimate of drug-likeness (QED) is 0.915. The lowest BCUT2D eigenvalue weighted by molar-refractivity contribution is 0.0587. The van der Waals surface area contributed by atoms with E-state index in [0.29, 0.717) is 44.2 Å². The van der Waals surface area contributed by atoms with Crippen molar-refractivity contribution in [2.24, 2.45) is 0 Å². The summed E-state index contributed by atoms with van der Waals surface area (Å²) in [5.74, 6) is 0.597. The highest BCUT2D eigenvalue weighted by Gasteiger charge is 2.25. The molecule has 0 atom stereocenters. The summed E-state index contributed by atoms with van der Waals surface area (Å²) < 4.78 is 10.6. The summed E-state index contributed by atoms with van der Waals surface area (Å²) in [5, 5.41) is 9.81. The van der Waals surface area contributed by atoms with Gasteiger partial charge < -0.3 is 18.8 Å². The summed E-state index contributed by atoms with van der Waals surface area (Å²) >= 11 is 0. The van der Waals surface area contributed by atoms with E-state index < -0.39 is 5.43 Å². The Labute approximate surface area is 132 Å². The van der Waals surface area contributed by atoms with Crippen molar-refractivity contribution < 1.29 is 18.7 Å². The molecule has 3 rings (SSSR count). The number of hydrogen-bond acceptors (Lipinski definition) is 6. The highest BCUT2D eigenvalue weighted by Crippen LogP contribution is 2.17. The molecule has 0 bridgehead atoms. The molecule has 0 unspecified atom stereocenters. The largest absolute Gasteiger partial charge is 0.502 e. The summed E-state index contributed by atoms with van der Waals surface area (Å²) in [5.41, 5.74) is -0.435. The molecule has 3 heterocycles. The number of nitrogens with zero attached hydrogens (tertiary/aromatic N) is 2. The monoisotopic (exact) mass is 318 g/mol. The van der Waals surface area contributed by atoms with E-state index in [1.54, 1.807) is 24.0 Å². The molecule has 2 aromatic rings. The van der Waals surface area contributed by atoms with Crippen LogP contribution in [0, 0.1) is 6.92 Å². The van der Waals surface area contributed by atoms with Gasteiger partial charge in [-0.2, -0.15) is 0 Å². The van der Waals surface area contributed by atoms with Crippen LogP contribution in [0.25, 0.3) is 0 Å². The van der Waals surface area contributed by atoms with E-state index in [0.717, 1.165) is 0 Å². The lowest BCUT2D eigenvalue weighted by Crippen LogP contribution is -2.48. The van der Waals surface area contributed by atoms with E-state index in [1.165, 1.54) is 12.3 Å². The van der Waals surface area contributed by atoms with Crippen molar-refractivity contribution in [1.82, 2.24) is 9.80 Å². The Bertz CT molecular complexity index is 742. The number of aromatic hydroxyl groups is 1. The van der Waals surface area contributed by atoms with Crippen molar-refractivity contribution in [3.8, 4) is 5.75 Å². The highest BCUT2D eigenvalue weighted by molar-refractivity contribution is 5.91. The smallest absolute Gasteiger partial charge is 0.289 e. The second-order valence-corrected chi connectivity index (χ2v) is 5.54. The van der Waals surface area contributed by atoms with Crippen LogP contribution in [0.5, 0.6) is 5.75 Å². The van der Waals surface area contributed by atoms with Crippen LogP contribution < -0.4 is 5.43 Å². The number of carbonyl (C=O) groups is 1. The minimum atomic E-state index is -0.435. The molecule has 7 nitrogen and oxygen atoms in total. The first kappa shape index (κ1) is 15.4. The van der Waals surface area contributed by atoms with Gasteiger partial charge in [-0.15, -0.1) is 0 Å². The van der Waals surface area contributed by atoms with E-state index in [2.05, 4.69) is 0 Å². The first-order chi connectivity index (χ1) is 11.0. The van der Waals surface area contributed by atoms with Crippen molar-refractivity contribution in [2.75, 3.05) is 26.2 Å². The van der Waals surface area contributed by atoms with E-state index in [4.69, 9.17) is 8.83 Å². The van der Waals surface area contributed by atoms with Crippen LogP contribution in [0.15, 0.2) is 38.1 Å². The minimum absolute atomic E-state index is 0.125. The Morgan fingerprint density at radius 3 is 2.70 bits per heavy atom. The van der Waals surface area contributed by atoms with Crippen LogP contribution in [0.1, 0.15) is 22.1 Å². The topological polar surface area (TPSA) is 87.1 Å². The number of furan rings is 1. The third-order valence-corrected chi connectivity index (χ3v) is 3.87. The van der Waals surface area contributed by atoms with Crippen molar-refractivity contribution in [2.45, 2.75) is 13.5 Å². The van der Waals surface area contributed by atoms with Crippen molar-refractivity contribution >= 4 is 5.91 Å². The number of rotatable bonds is 3. The lowest BCUT2D eigenvalue weighted by atomic mass is 10.2. The summed E-state index contributed by atoms with van der Waals surface area (Å²) in [6.45, 7) is 4.37. The van der Waals surface area contributed by atoms with Crippen LogP contribution >= 0.6 is 0 Å². The maximum Gasteiger partial charge on any atom is 0.289 e. The fraction of sp³-hybridized carbons (Fsp3) is 0.375. The van der Waals surface area contributed by atoms with Gasteiger partial charge in [0.05, 0.1) is 12.8 Å². The van der Waals surface area contributed by atoms with Crippen LogP contribution in [0.2, 0.25) is 0 Å². The molecule has 1 saturated heterocycles. The molecule has 0 spiro atoms. The Balaban J connectivity index is 1.62. The molecule has 1 amide bonds. The zero-order valence-corrected chi connectivity index (χ0v) is 12.8. The van der Waals surface area contributed by atoms with Gasteiger partial charge in [-0.05, 0) is 19.1 Å². The molecule has 0 aromatic carbocycles. The van der Waals surface area contributed by atoms with E-state index >= 15 is 0 Å². The summed E-state index contributed by atoms with van der Waals surface area (Å²) in [6, 6.07) is 4.60. The van der Waals surface area contributed by atoms with E-state index in [9.17, 15) is 14.7 Å². The predicted molar refractivity (Wildman–Crippen MR) is 81.3 cm³/mol. The first-order valence-electron chi connectivity index (χ1n) is 7.42. The highest BCUT2D eigenvalue weighted by atomic mass is 16.4. The molecule has 7 heteroatoms. The second-order valence-electron chi connectivity index (χ2n) is 5.54. The summed E-state index contributed by atoms with van der Waals surface area (Å²) in [4.78, 5) is 27.5. The van der Waals surface area contributed by atoms with Gasteiger partial charge in [0.2, 0.25) is 11.2 Å². The van der Waals surface area contributed by atoms with Crippen LogP contribution in [0.3, 0.4) is 0 Å². The molecule has 23 heavy (non-hydrogen) atoms. The van der Waals surface area contributed by atoms with Crippen LogP contribution in [-0.2, 0) is 6.54 Å². The van der Waals surface area contributed by atoms with Crippen molar-refractivity contribution in [3.05, 3.63) is 52.0 Å². The van der Waals surface area contributed by atoms with Crippen LogP contribution in [0.4, 0.5) is 0 Å². The zero-order chi connectivity index (χ0) is 16.4. The average Bonchev–Trinajstić information content (AvgIpc) is 3.06. The summed E-state index contributed by atoms with van der Waals surface area (Å²) in [6.07, 6.45) is 1.48. The SMILES string of the molecule is Cc1cc(=O)c(O)c(CN2CCN(C(=O)c3ccco3)CC2)o1. The Morgan fingerprint density at radius 1 is 1.30 bits per heavy atom. The molecular weight excluding hydrogens is 300 g/mol. The molecule has 2 aromatic heterocycles. The number of carbonyl (C=O) groups excluding carboxylic acids is 1. The Hall–Kier alpha value is -2.54. The normalized spacial score (nSPS) is 15.8. The fourth-order valence-corrected chi connectivity index (χ4v) is 2.64. The molecule has 122 valence electrons. The number of amides is 1. The van der Waals surface area contributed by atoms with E-state index in [1.807, 2.05) is 4.90 Å². The molecule has 1 fully saturated rings. The maximum absolute atomic E-state index is 12.2. The molecule has 1 aliphatic heterocycles. The van der Waals surface area contributed by atoms with Gasteiger partial charge in [0.1, 0.15) is 5.76 Å². The molecule has 1 N–H and O–H groups in total. The van der Waals surface area contributed by atoms with Gasteiger partial charge in [0.15, 0.2) is 11.5 Å². The van der Waals surface area contributed by atoms with Crippen molar-refractivity contribution in [3.63, 3.8) is 0 Å². The van der Waals surface area contributed by atoms with Crippen molar-refractivity contribution in [1.29, 1.82) is 0 Å². The zero-order valence-electron chi connectivity index (χ0n) is 12.8. The molecule has 0 aliphatic carbocycles.